The summed E-state index contributed by atoms with van der Waals surface area (Å²) in [5.74, 6) is -0.858. The molecule has 116 valence electrons. The Morgan fingerprint density at radius 3 is 2.86 bits per heavy atom. The van der Waals surface area contributed by atoms with Crippen molar-refractivity contribution in [1.82, 2.24) is 5.32 Å². The van der Waals surface area contributed by atoms with Crippen LogP contribution in [0.5, 0.6) is 5.75 Å². The molecule has 0 aliphatic heterocycles. The Morgan fingerprint density at radius 1 is 1.33 bits per heavy atom. The molecule has 2 atom stereocenters. The summed E-state index contributed by atoms with van der Waals surface area (Å²) in [6.07, 6.45) is 3.83. The molecule has 2 N–H and O–H groups in total. The van der Waals surface area contributed by atoms with Crippen LogP contribution in [-0.2, 0) is 4.79 Å². The number of aliphatic carboxylic acids is 1. The lowest BCUT2D eigenvalue weighted by Gasteiger charge is -2.28. The van der Waals surface area contributed by atoms with E-state index < -0.39 is 5.97 Å². The molecule has 0 radical (unpaired) electrons. The van der Waals surface area contributed by atoms with Crippen LogP contribution in [0.25, 0.3) is 0 Å². The standard InChI is InChI=1S/C16H22FNO3/c17-14-7-3-4-8-15(14)21-10-9-18-11-12-5-1-2-6-13(12)16(19)20/h3-4,7-8,12-13,18H,1-2,5-6,9-11H2,(H,19,20). The van der Waals surface area contributed by atoms with Gasteiger partial charge in [0.15, 0.2) is 11.6 Å². The van der Waals surface area contributed by atoms with Crippen LogP contribution in [0.1, 0.15) is 25.7 Å². The first-order chi connectivity index (χ1) is 10.2. The predicted octanol–water partition coefficient (Wildman–Crippen LogP) is 2.69. The highest BCUT2D eigenvalue weighted by atomic mass is 19.1. The first-order valence-corrected chi connectivity index (χ1v) is 7.49. The smallest absolute Gasteiger partial charge is 0.306 e. The minimum atomic E-state index is -0.691. The summed E-state index contributed by atoms with van der Waals surface area (Å²) in [6.45, 7) is 1.63. The summed E-state index contributed by atoms with van der Waals surface area (Å²) >= 11 is 0. The molecule has 1 saturated carbocycles. The van der Waals surface area contributed by atoms with Crippen molar-refractivity contribution >= 4 is 5.97 Å². The van der Waals surface area contributed by atoms with Gasteiger partial charge < -0.3 is 15.2 Å². The van der Waals surface area contributed by atoms with Gasteiger partial charge >= 0.3 is 5.97 Å². The van der Waals surface area contributed by atoms with Crippen LogP contribution in [0.2, 0.25) is 0 Å². The largest absolute Gasteiger partial charge is 0.489 e. The van der Waals surface area contributed by atoms with Gasteiger partial charge in [-0.3, -0.25) is 4.79 Å². The van der Waals surface area contributed by atoms with E-state index in [-0.39, 0.29) is 23.4 Å². The average Bonchev–Trinajstić information content (AvgIpc) is 2.49. The number of hydrogen-bond acceptors (Lipinski definition) is 3. The van der Waals surface area contributed by atoms with E-state index in [0.29, 0.717) is 19.7 Å². The van der Waals surface area contributed by atoms with Gasteiger partial charge in [-0.05, 0) is 37.4 Å². The number of benzene rings is 1. The zero-order valence-electron chi connectivity index (χ0n) is 12.1. The van der Waals surface area contributed by atoms with Crippen molar-refractivity contribution in [2.45, 2.75) is 25.7 Å². The van der Waals surface area contributed by atoms with Crippen molar-refractivity contribution in [3.8, 4) is 5.75 Å². The summed E-state index contributed by atoms with van der Waals surface area (Å²) < 4.78 is 18.7. The third-order valence-corrected chi connectivity index (χ3v) is 4.01. The molecule has 1 aliphatic rings. The Labute approximate surface area is 124 Å². The molecule has 21 heavy (non-hydrogen) atoms. The highest BCUT2D eigenvalue weighted by Crippen LogP contribution is 2.29. The van der Waals surface area contributed by atoms with E-state index in [1.54, 1.807) is 18.2 Å². The monoisotopic (exact) mass is 295 g/mol. The number of carboxylic acids is 1. The predicted molar refractivity (Wildman–Crippen MR) is 77.8 cm³/mol. The van der Waals surface area contributed by atoms with Gasteiger partial charge in [0.25, 0.3) is 0 Å². The zero-order chi connectivity index (χ0) is 15.1. The van der Waals surface area contributed by atoms with Gasteiger partial charge in [0.1, 0.15) is 6.61 Å². The highest BCUT2D eigenvalue weighted by molar-refractivity contribution is 5.70. The Morgan fingerprint density at radius 2 is 2.10 bits per heavy atom. The molecule has 0 spiro atoms. The number of halogens is 1. The van der Waals surface area contributed by atoms with E-state index >= 15 is 0 Å². The molecule has 2 rings (SSSR count). The number of carboxylic acid groups (broad SMARTS) is 1. The van der Waals surface area contributed by atoms with Crippen LogP contribution in [0.3, 0.4) is 0 Å². The van der Waals surface area contributed by atoms with Crippen molar-refractivity contribution in [3.05, 3.63) is 30.1 Å². The molecular weight excluding hydrogens is 273 g/mol. The molecule has 5 heteroatoms. The van der Waals surface area contributed by atoms with E-state index in [9.17, 15) is 14.3 Å². The van der Waals surface area contributed by atoms with Crippen molar-refractivity contribution in [2.75, 3.05) is 19.7 Å². The molecule has 0 bridgehead atoms. The topological polar surface area (TPSA) is 58.6 Å². The summed E-state index contributed by atoms with van der Waals surface area (Å²) in [7, 11) is 0. The van der Waals surface area contributed by atoms with E-state index in [2.05, 4.69) is 5.32 Å². The fourth-order valence-corrected chi connectivity index (χ4v) is 2.86. The maximum absolute atomic E-state index is 13.3. The number of rotatable bonds is 7. The minimum absolute atomic E-state index is 0.185. The van der Waals surface area contributed by atoms with E-state index in [1.807, 2.05) is 0 Å². The SMILES string of the molecule is O=C(O)C1CCCCC1CNCCOc1ccccc1F. The Hall–Kier alpha value is -1.62. The number of carbonyl (C=O) groups is 1. The summed E-state index contributed by atoms with van der Waals surface area (Å²) in [6, 6.07) is 6.31. The fraction of sp³-hybridized carbons (Fsp3) is 0.562. The number of para-hydroxylation sites is 1. The lowest BCUT2D eigenvalue weighted by molar-refractivity contribution is -0.144. The van der Waals surface area contributed by atoms with Crippen LogP contribution in [0.4, 0.5) is 4.39 Å². The Bertz CT molecular complexity index is 467. The molecule has 2 unspecified atom stereocenters. The molecular formula is C16H22FNO3. The number of nitrogens with one attached hydrogen (secondary N) is 1. The average molecular weight is 295 g/mol. The second-order valence-corrected chi connectivity index (χ2v) is 5.47. The minimum Gasteiger partial charge on any atom is -0.489 e. The fourth-order valence-electron chi connectivity index (χ4n) is 2.86. The maximum atomic E-state index is 13.3. The normalized spacial score (nSPS) is 22.0. The van der Waals surface area contributed by atoms with Crippen molar-refractivity contribution in [1.29, 1.82) is 0 Å². The third kappa shape index (κ3) is 4.70. The van der Waals surface area contributed by atoms with Gasteiger partial charge in [-0.2, -0.15) is 0 Å². The highest BCUT2D eigenvalue weighted by Gasteiger charge is 2.30. The number of ether oxygens (including phenoxy) is 1. The van der Waals surface area contributed by atoms with Crippen molar-refractivity contribution in [2.24, 2.45) is 11.8 Å². The van der Waals surface area contributed by atoms with Gasteiger partial charge in [0.05, 0.1) is 5.92 Å². The zero-order valence-corrected chi connectivity index (χ0v) is 12.1. The van der Waals surface area contributed by atoms with Crippen LogP contribution in [0, 0.1) is 17.7 Å². The van der Waals surface area contributed by atoms with Gasteiger partial charge in [0.2, 0.25) is 0 Å². The summed E-state index contributed by atoms with van der Waals surface area (Å²) in [5.41, 5.74) is 0. The molecule has 1 aromatic carbocycles. The lowest BCUT2D eigenvalue weighted by Crippen LogP contribution is -2.36. The van der Waals surface area contributed by atoms with Gasteiger partial charge in [-0.25, -0.2) is 4.39 Å². The number of hydrogen-bond donors (Lipinski definition) is 2. The Kier molecular flexibility index (Phi) is 5.99. The Balaban J connectivity index is 1.67. The molecule has 0 heterocycles. The van der Waals surface area contributed by atoms with Crippen LogP contribution >= 0.6 is 0 Å². The second-order valence-electron chi connectivity index (χ2n) is 5.47. The molecule has 1 fully saturated rings. The lowest BCUT2D eigenvalue weighted by atomic mass is 9.79. The molecule has 4 nitrogen and oxygen atoms in total. The first kappa shape index (κ1) is 15.8. The van der Waals surface area contributed by atoms with Gasteiger partial charge in [0, 0.05) is 6.54 Å². The molecule has 0 saturated heterocycles. The first-order valence-electron chi connectivity index (χ1n) is 7.49. The molecule has 0 aromatic heterocycles. The van der Waals surface area contributed by atoms with Crippen molar-refractivity contribution in [3.63, 3.8) is 0 Å². The van der Waals surface area contributed by atoms with Gasteiger partial charge in [-0.15, -0.1) is 0 Å². The summed E-state index contributed by atoms with van der Waals surface area (Å²) in [5, 5.41) is 12.4. The van der Waals surface area contributed by atoms with E-state index in [4.69, 9.17) is 4.74 Å². The third-order valence-electron chi connectivity index (χ3n) is 4.01. The van der Waals surface area contributed by atoms with Gasteiger partial charge in [-0.1, -0.05) is 25.0 Å². The van der Waals surface area contributed by atoms with E-state index in [0.717, 1.165) is 25.7 Å². The molecule has 0 amide bonds. The van der Waals surface area contributed by atoms with Crippen molar-refractivity contribution < 1.29 is 19.0 Å². The second kappa shape index (κ2) is 7.98. The quantitative estimate of drug-likeness (QED) is 0.759. The molecule has 1 aromatic rings. The van der Waals surface area contributed by atoms with Crippen LogP contribution in [0.15, 0.2) is 24.3 Å². The molecule has 1 aliphatic carbocycles. The van der Waals surface area contributed by atoms with Crippen LogP contribution in [-0.4, -0.2) is 30.8 Å². The maximum Gasteiger partial charge on any atom is 0.306 e. The van der Waals surface area contributed by atoms with E-state index in [1.165, 1.54) is 6.07 Å². The summed E-state index contributed by atoms with van der Waals surface area (Å²) in [4.78, 5) is 11.2. The van der Waals surface area contributed by atoms with Crippen LogP contribution < -0.4 is 10.1 Å².